The second-order valence-corrected chi connectivity index (χ2v) is 7.11. The summed E-state index contributed by atoms with van der Waals surface area (Å²) in [4.78, 5) is 26.5. The molecule has 1 aliphatic rings. The Morgan fingerprint density at radius 2 is 1.57 bits per heavy atom. The zero-order valence-electron chi connectivity index (χ0n) is 14.1. The molecule has 1 atom stereocenters. The van der Waals surface area contributed by atoms with Crippen LogP contribution in [0, 0.1) is 5.92 Å². The number of alkyl carbamates (subject to hydrolysis) is 1. The number of hydrogen-bond acceptors (Lipinski definition) is 3. The van der Waals surface area contributed by atoms with Crippen molar-refractivity contribution in [3.8, 4) is 0 Å². The molecule has 5 nitrogen and oxygen atoms in total. The highest BCUT2D eigenvalue weighted by Crippen LogP contribution is 2.14. The molecule has 1 fully saturated rings. The van der Waals surface area contributed by atoms with Crippen LogP contribution in [0.4, 0.5) is 4.79 Å². The van der Waals surface area contributed by atoms with Crippen LogP contribution in [0.2, 0.25) is 0 Å². The Morgan fingerprint density at radius 3 is 2.00 bits per heavy atom. The minimum absolute atomic E-state index is 0.0118. The number of amides is 2. The molecule has 0 aromatic carbocycles. The maximum atomic E-state index is 12.6. The fourth-order valence-corrected chi connectivity index (χ4v) is 2.44. The van der Waals surface area contributed by atoms with E-state index < -0.39 is 17.7 Å². The minimum atomic E-state index is -0.558. The van der Waals surface area contributed by atoms with Crippen LogP contribution in [-0.2, 0) is 9.53 Å². The number of carbonyl (C=O) groups is 2. The first kappa shape index (κ1) is 17.8. The number of carbonyl (C=O) groups excluding carboxylic acids is 2. The van der Waals surface area contributed by atoms with Crippen molar-refractivity contribution in [1.29, 1.82) is 0 Å². The molecule has 0 aromatic heterocycles. The van der Waals surface area contributed by atoms with Gasteiger partial charge in [0, 0.05) is 13.1 Å². The summed E-state index contributed by atoms with van der Waals surface area (Å²) in [6, 6.07) is -0.516. The molecule has 0 aliphatic carbocycles. The molecule has 1 unspecified atom stereocenters. The zero-order valence-corrected chi connectivity index (χ0v) is 14.1. The fourth-order valence-electron chi connectivity index (χ4n) is 2.44. The first-order valence-corrected chi connectivity index (χ1v) is 7.99. The molecule has 1 aliphatic heterocycles. The molecule has 0 spiro atoms. The number of nitrogens with zero attached hydrogens (tertiary/aromatic N) is 1. The largest absolute Gasteiger partial charge is 0.444 e. The van der Waals surface area contributed by atoms with Crippen LogP contribution in [0.1, 0.15) is 60.3 Å². The van der Waals surface area contributed by atoms with Crippen LogP contribution in [0.25, 0.3) is 0 Å². The number of likely N-dealkylation sites (tertiary alicyclic amines) is 1. The van der Waals surface area contributed by atoms with Crippen molar-refractivity contribution in [3.63, 3.8) is 0 Å². The lowest BCUT2D eigenvalue weighted by Crippen LogP contribution is -2.52. The van der Waals surface area contributed by atoms with Gasteiger partial charge in [-0.1, -0.05) is 26.7 Å². The molecule has 5 heteroatoms. The summed E-state index contributed by atoms with van der Waals surface area (Å²) in [6.07, 6.45) is 3.92. The summed E-state index contributed by atoms with van der Waals surface area (Å²) in [5, 5.41) is 2.74. The van der Waals surface area contributed by atoms with Crippen LogP contribution < -0.4 is 5.32 Å². The predicted octanol–water partition coefficient (Wildman–Crippen LogP) is 2.94. The predicted molar refractivity (Wildman–Crippen MR) is 83.0 cm³/mol. The van der Waals surface area contributed by atoms with E-state index in [0.717, 1.165) is 25.9 Å². The van der Waals surface area contributed by atoms with Gasteiger partial charge in [-0.15, -0.1) is 0 Å². The second kappa shape index (κ2) is 7.66. The van der Waals surface area contributed by atoms with Gasteiger partial charge in [0.2, 0.25) is 5.91 Å². The summed E-state index contributed by atoms with van der Waals surface area (Å²) in [5.41, 5.74) is -0.558. The van der Waals surface area contributed by atoms with Gasteiger partial charge in [-0.05, 0) is 39.5 Å². The molecular formula is C16H30N2O3. The van der Waals surface area contributed by atoms with Gasteiger partial charge in [0.15, 0.2) is 0 Å². The van der Waals surface area contributed by atoms with Crippen molar-refractivity contribution >= 4 is 12.0 Å². The van der Waals surface area contributed by atoms with E-state index in [2.05, 4.69) is 5.32 Å². The van der Waals surface area contributed by atoms with Crippen LogP contribution in [-0.4, -0.2) is 41.6 Å². The molecule has 0 bridgehead atoms. The number of hydrogen-bond donors (Lipinski definition) is 1. The average Bonchev–Trinajstić information content (AvgIpc) is 2.61. The molecular weight excluding hydrogens is 268 g/mol. The van der Waals surface area contributed by atoms with Gasteiger partial charge in [-0.3, -0.25) is 4.79 Å². The highest BCUT2D eigenvalue weighted by atomic mass is 16.6. The van der Waals surface area contributed by atoms with E-state index in [-0.39, 0.29) is 11.8 Å². The van der Waals surface area contributed by atoms with Crippen molar-refractivity contribution in [2.45, 2.75) is 71.9 Å². The zero-order chi connectivity index (χ0) is 16.0. The van der Waals surface area contributed by atoms with Crippen LogP contribution in [0.5, 0.6) is 0 Å². The number of ether oxygens (including phenoxy) is 1. The molecule has 1 N–H and O–H groups in total. The Kier molecular flexibility index (Phi) is 6.49. The van der Waals surface area contributed by atoms with Crippen LogP contribution >= 0.6 is 0 Å². The molecule has 2 amide bonds. The molecule has 122 valence electrons. The van der Waals surface area contributed by atoms with Gasteiger partial charge in [0.05, 0.1) is 0 Å². The normalized spacial score (nSPS) is 18.1. The van der Waals surface area contributed by atoms with Crippen molar-refractivity contribution < 1.29 is 14.3 Å². The molecule has 1 heterocycles. The van der Waals surface area contributed by atoms with E-state index in [0.29, 0.717) is 0 Å². The van der Waals surface area contributed by atoms with E-state index in [9.17, 15) is 9.59 Å². The van der Waals surface area contributed by atoms with Gasteiger partial charge in [0.1, 0.15) is 11.6 Å². The summed E-state index contributed by atoms with van der Waals surface area (Å²) < 4.78 is 5.26. The van der Waals surface area contributed by atoms with Crippen LogP contribution in [0.15, 0.2) is 0 Å². The Balaban J connectivity index is 2.67. The first-order chi connectivity index (χ1) is 9.70. The van der Waals surface area contributed by atoms with Gasteiger partial charge < -0.3 is 15.0 Å². The maximum Gasteiger partial charge on any atom is 0.408 e. The van der Waals surface area contributed by atoms with E-state index in [1.165, 1.54) is 12.8 Å². The van der Waals surface area contributed by atoms with Crippen LogP contribution in [0.3, 0.4) is 0 Å². The highest BCUT2D eigenvalue weighted by molar-refractivity contribution is 5.86. The standard InChI is InChI=1S/C16H30N2O3/c1-12(2)13(17-15(20)21-16(3,4)5)14(19)18-10-8-6-7-9-11-18/h12-13H,6-11H2,1-5H3,(H,17,20). The summed E-state index contributed by atoms with van der Waals surface area (Å²) in [6.45, 7) is 10.9. The lowest BCUT2D eigenvalue weighted by Gasteiger charge is -2.30. The molecule has 0 saturated carbocycles. The third-order valence-electron chi connectivity index (χ3n) is 3.52. The average molecular weight is 298 g/mol. The quantitative estimate of drug-likeness (QED) is 0.871. The summed E-state index contributed by atoms with van der Waals surface area (Å²) in [5.74, 6) is 0.0473. The number of nitrogens with one attached hydrogen (secondary N) is 1. The van der Waals surface area contributed by atoms with Gasteiger partial charge >= 0.3 is 6.09 Å². The Morgan fingerprint density at radius 1 is 1.05 bits per heavy atom. The fraction of sp³-hybridized carbons (Fsp3) is 0.875. The third kappa shape index (κ3) is 6.36. The first-order valence-electron chi connectivity index (χ1n) is 7.99. The molecule has 21 heavy (non-hydrogen) atoms. The van der Waals surface area contributed by atoms with Crippen molar-refractivity contribution in [3.05, 3.63) is 0 Å². The van der Waals surface area contributed by atoms with Gasteiger partial charge in [-0.2, -0.15) is 0 Å². The topological polar surface area (TPSA) is 58.6 Å². The molecule has 1 rings (SSSR count). The van der Waals surface area contributed by atoms with E-state index in [1.54, 1.807) is 0 Å². The number of rotatable bonds is 3. The Hall–Kier alpha value is -1.26. The van der Waals surface area contributed by atoms with Crippen molar-refractivity contribution in [2.24, 2.45) is 5.92 Å². The van der Waals surface area contributed by atoms with Gasteiger partial charge in [0.25, 0.3) is 0 Å². The lowest BCUT2D eigenvalue weighted by molar-refractivity contribution is -0.134. The Bertz CT molecular complexity index is 353. The third-order valence-corrected chi connectivity index (χ3v) is 3.52. The SMILES string of the molecule is CC(C)C(NC(=O)OC(C)(C)C)C(=O)N1CCCCCC1. The second-order valence-electron chi connectivity index (χ2n) is 7.11. The van der Waals surface area contributed by atoms with E-state index in [4.69, 9.17) is 4.74 Å². The van der Waals surface area contributed by atoms with Gasteiger partial charge in [-0.25, -0.2) is 4.79 Å². The van der Waals surface area contributed by atoms with Crippen molar-refractivity contribution in [2.75, 3.05) is 13.1 Å². The highest BCUT2D eigenvalue weighted by Gasteiger charge is 2.30. The molecule has 0 radical (unpaired) electrons. The monoisotopic (exact) mass is 298 g/mol. The lowest BCUT2D eigenvalue weighted by atomic mass is 10.0. The van der Waals surface area contributed by atoms with Crippen molar-refractivity contribution in [1.82, 2.24) is 10.2 Å². The smallest absolute Gasteiger partial charge is 0.408 e. The molecule has 1 saturated heterocycles. The minimum Gasteiger partial charge on any atom is -0.444 e. The summed E-state index contributed by atoms with van der Waals surface area (Å²) >= 11 is 0. The van der Waals surface area contributed by atoms with E-state index >= 15 is 0 Å². The van der Waals surface area contributed by atoms with E-state index in [1.807, 2.05) is 39.5 Å². The Labute approximate surface area is 128 Å². The summed E-state index contributed by atoms with van der Waals surface area (Å²) in [7, 11) is 0. The maximum absolute atomic E-state index is 12.6. The molecule has 0 aromatic rings.